The van der Waals surface area contributed by atoms with Crippen molar-refractivity contribution in [3.63, 3.8) is 0 Å². The Labute approximate surface area is 152 Å². The monoisotopic (exact) mass is 382 g/mol. The van der Waals surface area contributed by atoms with Gasteiger partial charge in [-0.1, -0.05) is 19.9 Å². The summed E-state index contributed by atoms with van der Waals surface area (Å²) in [5.74, 6) is 0.0935. The Morgan fingerprint density at radius 1 is 1.20 bits per heavy atom. The minimum atomic E-state index is -3.72. The van der Waals surface area contributed by atoms with Gasteiger partial charge in [0.2, 0.25) is 5.91 Å². The predicted octanol–water partition coefficient (Wildman–Crippen LogP) is 3.09. The molecule has 0 radical (unpaired) electrons. The Morgan fingerprint density at radius 2 is 1.88 bits per heavy atom. The molecular formula is C17H22N2O4S2. The van der Waals surface area contributed by atoms with Gasteiger partial charge in [-0.2, -0.15) is 4.72 Å². The second-order valence-corrected chi connectivity index (χ2v) is 8.61. The van der Waals surface area contributed by atoms with Gasteiger partial charge < -0.3 is 10.1 Å². The third-order valence-corrected chi connectivity index (χ3v) is 6.26. The van der Waals surface area contributed by atoms with Crippen LogP contribution in [0, 0.1) is 5.92 Å². The molecule has 0 aliphatic carbocycles. The molecule has 0 saturated heterocycles. The van der Waals surface area contributed by atoms with Crippen molar-refractivity contribution < 1.29 is 17.9 Å². The van der Waals surface area contributed by atoms with Gasteiger partial charge in [-0.3, -0.25) is 4.79 Å². The molecule has 2 N–H and O–H groups in total. The van der Waals surface area contributed by atoms with Crippen molar-refractivity contribution in [1.29, 1.82) is 0 Å². The molecule has 0 bridgehead atoms. The number of sulfonamides is 1. The fourth-order valence-corrected chi connectivity index (χ4v) is 4.51. The second-order valence-electron chi connectivity index (χ2n) is 5.72. The first-order valence-electron chi connectivity index (χ1n) is 7.93. The Kier molecular flexibility index (Phi) is 6.57. The summed E-state index contributed by atoms with van der Waals surface area (Å²) in [6, 6.07) is 9.22. The van der Waals surface area contributed by atoms with E-state index < -0.39 is 22.0 Å². The Bertz CT molecular complexity index is 785. The van der Waals surface area contributed by atoms with Crippen LogP contribution in [0.5, 0.6) is 5.75 Å². The van der Waals surface area contributed by atoms with E-state index in [1.807, 2.05) is 6.92 Å². The van der Waals surface area contributed by atoms with E-state index in [0.29, 0.717) is 18.0 Å². The topological polar surface area (TPSA) is 84.5 Å². The van der Waals surface area contributed by atoms with Crippen LogP contribution in [0.4, 0.5) is 5.69 Å². The van der Waals surface area contributed by atoms with Crippen LogP contribution < -0.4 is 14.8 Å². The maximum absolute atomic E-state index is 12.5. The van der Waals surface area contributed by atoms with Crippen molar-refractivity contribution in [3.8, 4) is 5.75 Å². The molecular weight excluding hydrogens is 360 g/mol. The molecule has 1 heterocycles. The van der Waals surface area contributed by atoms with E-state index in [-0.39, 0.29) is 10.1 Å². The maximum atomic E-state index is 12.5. The predicted molar refractivity (Wildman–Crippen MR) is 99.5 cm³/mol. The van der Waals surface area contributed by atoms with Gasteiger partial charge in [0.1, 0.15) is 16.0 Å². The minimum absolute atomic E-state index is 0.187. The number of carbonyl (C=O) groups is 1. The number of hydrogen-bond acceptors (Lipinski definition) is 5. The molecule has 1 aromatic heterocycles. The van der Waals surface area contributed by atoms with Gasteiger partial charge in [0.25, 0.3) is 10.0 Å². The summed E-state index contributed by atoms with van der Waals surface area (Å²) >= 11 is 1.11. The molecule has 1 atom stereocenters. The molecule has 8 heteroatoms. The van der Waals surface area contributed by atoms with Crippen LogP contribution in [0.3, 0.4) is 0 Å². The van der Waals surface area contributed by atoms with Gasteiger partial charge in [-0.05, 0) is 48.6 Å². The van der Waals surface area contributed by atoms with Gasteiger partial charge in [-0.15, -0.1) is 11.3 Å². The zero-order valence-corrected chi connectivity index (χ0v) is 16.0. The van der Waals surface area contributed by atoms with E-state index in [1.165, 1.54) is 6.07 Å². The van der Waals surface area contributed by atoms with Crippen LogP contribution >= 0.6 is 11.3 Å². The molecule has 0 saturated carbocycles. The van der Waals surface area contributed by atoms with E-state index in [2.05, 4.69) is 10.0 Å². The summed E-state index contributed by atoms with van der Waals surface area (Å²) in [6.07, 6.45) is 0. The molecule has 136 valence electrons. The summed E-state index contributed by atoms with van der Waals surface area (Å²) in [7, 11) is -3.72. The van der Waals surface area contributed by atoms with Crippen LogP contribution in [-0.4, -0.2) is 27.0 Å². The van der Waals surface area contributed by atoms with E-state index in [9.17, 15) is 13.2 Å². The third-order valence-electron chi connectivity index (χ3n) is 3.42. The number of thiophene rings is 1. The fourth-order valence-electron chi connectivity index (χ4n) is 2.16. The molecule has 2 rings (SSSR count). The van der Waals surface area contributed by atoms with Gasteiger partial charge in [0, 0.05) is 5.69 Å². The minimum Gasteiger partial charge on any atom is -0.494 e. The van der Waals surface area contributed by atoms with Crippen LogP contribution in [0.15, 0.2) is 46.0 Å². The average molecular weight is 383 g/mol. The highest BCUT2D eigenvalue weighted by molar-refractivity contribution is 7.91. The normalized spacial score (nSPS) is 12.8. The lowest BCUT2D eigenvalue weighted by molar-refractivity contribution is -0.118. The zero-order valence-electron chi connectivity index (χ0n) is 14.4. The standard InChI is InChI=1S/C17H22N2O4S2/c1-4-23-14-9-7-13(8-10-14)18-17(20)16(12(2)3)19-25(21,22)15-6-5-11-24-15/h5-12,16,19H,4H2,1-3H3,(H,18,20)/t16-/m1/s1. The molecule has 1 amide bonds. The summed E-state index contributed by atoms with van der Waals surface area (Å²) in [5, 5.41) is 4.42. The highest BCUT2D eigenvalue weighted by Gasteiger charge is 2.28. The zero-order chi connectivity index (χ0) is 18.4. The number of rotatable bonds is 8. The number of hydrogen-bond donors (Lipinski definition) is 2. The van der Waals surface area contributed by atoms with Gasteiger partial charge >= 0.3 is 0 Å². The molecule has 2 aromatic rings. The number of nitrogens with one attached hydrogen (secondary N) is 2. The Morgan fingerprint density at radius 3 is 2.40 bits per heavy atom. The van der Waals surface area contributed by atoms with E-state index in [4.69, 9.17) is 4.74 Å². The van der Waals surface area contributed by atoms with Gasteiger partial charge in [-0.25, -0.2) is 8.42 Å². The van der Waals surface area contributed by atoms with Crippen LogP contribution in [0.1, 0.15) is 20.8 Å². The highest BCUT2D eigenvalue weighted by Crippen LogP contribution is 2.19. The van der Waals surface area contributed by atoms with E-state index >= 15 is 0 Å². The Hall–Kier alpha value is -1.90. The van der Waals surface area contributed by atoms with Crippen LogP contribution in [-0.2, 0) is 14.8 Å². The number of amides is 1. The number of benzene rings is 1. The molecule has 25 heavy (non-hydrogen) atoms. The fraction of sp³-hybridized carbons (Fsp3) is 0.353. The third kappa shape index (κ3) is 5.29. The number of carbonyl (C=O) groups excluding carboxylic acids is 1. The van der Waals surface area contributed by atoms with E-state index in [1.54, 1.807) is 49.6 Å². The molecule has 6 nitrogen and oxygen atoms in total. The lowest BCUT2D eigenvalue weighted by Gasteiger charge is -2.21. The van der Waals surface area contributed by atoms with Crippen molar-refractivity contribution in [3.05, 3.63) is 41.8 Å². The van der Waals surface area contributed by atoms with Crippen molar-refractivity contribution in [2.75, 3.05) is 11.9 Å². The maximum Gasteiger partial charge on any atom is 0.250 e. The van der Waals surface area contributed by atoms with Crippen molar-refractivity contribution in [2.24, 2.45) is 5.92 Å². The number of anilines is 1. The van der Waals surface area contributed by atoms with Gasteiger partial charge in [0.15, 0.2) is 0 Å². The first kappa shape index (κ1) is 19.4. The smallest absolute Gasteiger partial charge is 0.250 e. The molecule has 0 aliphatic heterocycles. The summed E-state index contributed by atoms with van der Waals surface area (Å²) in [4.78, 5) is 12.5. The average Bonchev–Trinajstić information content (AvgIpc) is 3.10. The lowest BCUT2D eigenvalue weighted by atomic mass is 10.0. The summed E-state index contributed by atoms with van der Waals surface area (Å²) < 4.78 is 32.8. The van der Waals surface area contributed by atoms with Crippen LogP contribution in [0.25, 0.3) is 0 Å². The van der Waals surface area contributed by atoms with Gasteiger partial charge in [0.05, 0.1) is 6.61 Å². The Balaban J connectivity index is 2.10. The molecule has 1 aromatic carbocycles. The highest BCUT2D eigenvalue weighted by atomic mass is 32.2. The molecule has 0 unspecified atom stereocenters. The lowest BCUT2D eigenvalue weighted by Crippen LogP contribution is -2.46. The summed E-state index contributed by atoms with van der Waals surface area (Å²) in [6.45, 7) is 6.03. The largest absolute Gasteiger partial charge is 0.494 e. The molecule has 0 fully saturated rings. The van der Waals surface area contributed by atoms with Crippen molar-refractivity contribution in [1.82, 2.24) is 4.72 Å². The van der Waals surface area contributed by atoms with Crippen molar-refractivity contribution in [2.45, 2.75) is 31.0 Å². The SMILES string of the molecule is CCOc1ccc(NC(=O)[C@H](NS(=O)(=O)c2cccs2)C(C)C)cc1. The van der Waals surface area contributed by atoms with Crippen LogP contribution in [0.2, 0.25) is 0 Å². The number of ether oxygens (including phenoxy) is 1. The summed E-state index contributed by atoms with van der Waals surface area (Å²) in [5.41, 5.74) is 0.578. The second kappa shape index (κ2) is 8.46. The van der Waals surface area contributed by atoms with Crippen molar-refractivity contribution >= 4 is 33.0 Å². The quantitative estimate of drug-likeness (QED) is 0.735. The first-order valence-corrected chi connectivity index (χ1v) is 10.3. The molecule has 0 spiro atoms. The molecule has 0 aliphatic rings. The van der Waals surface area contributed by atoms with E-state index in [0.717, 1.165) is 11.3 Å². The first-order chi connectivity index (χ1) is 11.8.